The summed E-state index contributed by atoms with van der Waals surface area (Å²) in [7, 11) is 0. The quantitative estimate of drug-likeness (QED) is 0.840. The SMILES string of the molecule is CCC1Oc2ccc(C=O)cc2N(CC(=O)Nc2ccc(C)cc2)C1=O. The van der Waals surface area contributed by atoms with Crippen LogP contribution in [0, 0.1) is 6.92 Å². The molecule has 0 spiro atoms. The normalized spacial score (nSPS) is 15.8. The number of aryl methyl sites for hydroxylation is 1. The van der Waals surface area contributed by atoms with Gasteiger partial charge in [0.25, 0.3) is 5.91 Å². The molecule has 1 aliphatic rings. The molecule has 3 rings (SSSR count). The molecule has 0 aliphatic carbocycles. The van der Waals surface area contributed by atoms with E-state index in [0.717, 1.165) is 5.56 Å². The van der Waals surface area contributed by atoms with Gasteiger partial charge >= 0.3 is 0 Å². The first-order valence-corrected chi connectivity index (χ1v) is 8.45. The zero-order valence-corrected chi connectivity index (χ0v) is 14.7. The number of rotatable bonds is 5. The summed E-state index contributed by atoms with van der Waals surface area (Å²) in [4.78, 5) is 37.6. The number of fused-ring (bicyclic) bond motifs is 1. The summed E-state index contributed by atoms with van der Waals surface area (Å²) in [5.41, 5.74) is 2.60. The fourth-order valence-electron chi connectivity index (χ4n) is 2.82. The molecular weight excluding hydrogens is 332 g/mol. The van der Waals surface area contributed by atoms with E-state index in [1.165, 1.54) is 4.90 Å². The third-order valence-corrected chi connectivity index (χ3v) is 4.23. The highest BCUT2D eigenvalue weighted by molar-refractivity contribution is 6.06. The van der Waals surface area contributed by atoms with Gasteiger partial charge in [0.1, 0.15) is 18.6 Å². The van der Waals surface area contributed by atoms with Crippen LogP contribution in [0.25, 0.3) is 0 Å². The van der Waals surface area contributed by atoms with Crippen molar-refractivity contribution in [1.82, 2.24) is 0 Å². The lowest BCUT2D eigenvalue weighted by molar-refractivity contribution is -0.128. The second kappa shape index (κ2) is 7.39. The minimum atomic E-state index is -0.642. The number of aldehydes is 1. The maximum Gasteiger partial charge on any atom is 0.268 e. The smallest absolute Gasteiger partial charge is 0.268 e. The molecule has 0 radical (unpaired) electrons. The van der Waals surface area contributed by atoms with Crippen molar-refractivity contribution in [2.24, 2.45) is 0 Å². The van der Waals surface area contributed by atoms with E-state index in [-0.39, 0.29) is 18.4 Å². The van der Waals surface area contributed by atoms with Gasteiger partial charge in [-0.25, -0.2) is 0 Å². The van der Waals surface area contributed by atoms with Crippen LogP contribution in [0.2, 0.25) is 0 Å². The Labute approximate surface area is 151 Å². The number of anilines is 2. The van der Waals surface area contributed by atoms with E-state index < -0.39 is 6.10 Å². The molecular formula is C20H20N2O4. The molecule has 1 heterocycles. The molecule has 0 bridgehead atoms. The molecule has 0 saturated heterocycles. The van der Waals surface area contributed by atoms with Crippen LogP contribution in [-0.2, 0) is 9.59 Å². The molecule has 2 aromatic carbocycles. The van der Waals surface area contributed by atoms with E-state index >= 15 is 0 Å². The van der Waals surface area contributed by atoms with Gasteiger partial charge in [0.15, 0.2) is 6.10 Å². The molecule has 1 N–H and O–H groups in total. The van der Waals surface area contributed by atoms with Gasteiger partial charge in [0.2, 0.25) is 5.91 Å². The van der Waals surface area contributed by atoms with Gasteiger partial charge in [-0.05, 0) is 43.7 Å². The van der Waals surface area contributed by atoms with Crippen LogP contribution in [0.3, 0.4) is 0 Å². The van der Waals surface area contributed by atoms with Crippen molar-refractivity contribution in [1.29, 1.82) is 0 Å². The predicted octanol–water partition coefficient (Wildman–Crippen LogP) is 2.95. The second-order valence-corrected chi connectivity index (χ2v) is 6.20. The number of carbonyl (C=O) groups excluding carboxylic acids is 3. The molecule has 0 saturated carbocycles. The number of hydrogen-bond acceptors (Lipinski definition) is 4. The summed E-state index contributed by atoms with van der Waals surface area (Å²) in [5, 5.41) is 2.79. The molecule has 0 aromatic heterocycles. The highest BCUT2D eigenvalue weighted by Crippen LogP contribution is 2.35. The first-order chi connectivity index (χ1) is 12.5. The van der Waals surface area contributed by atoms with E-state index in [2.05, 4.69) is 5.32 Å². The minimum absolute atomic E-state index is 0.151. The lowest BCUT2D eigenvalue weighted by Crippen LogP contribution is -2.48. The van der Waals surface area contributed by atoms with Crippen molar-refractivity contribution >= 4 is 29.5 Å². The average molecular weight is 352 g/mol. The third kappa shape index (κ3) is 3.59. The summed E-state index contributed by atoms with van der Waals surface area (Å²) in [5.74, 6) is -0.117. The van der Waals surface area contributed by atoms with Gasteiger partial charge in [0, 0.05) is 11.3 Å². The summed E-state index contributed by atoms with van der Waals surface area (Å²) >= 11 is 0. The van der Waals surface area contributed by atoms with Crippen molar-refractivity contribution in [2.75, 3.05) is 16.8 Å². The van der Waals surface area contributed by atoms with Crippen molar-refractivity contribution in [3.8, 4) is 5.75 Å². The molecule has 1 aliphatic heterocycles. The van der Waals surface area contributed by atoms with Crippen LogP contribution in [0.15, 0.2) is 42.5 Å². The van der Waals surface area contributed by atoms with Crippen LogP contribution in [0.5, 0.6) is 5.75 Å². The standard InChI is InChI=1S/C20H20N2O4/c1-3-17-20(25)22(16-10-14(12-23)6-9-18(16)26-17)11-19(24)21-15-7-4-13(2)5-8-15/h4-10,12,17H,3,11H2,1-2H3,(H,21,24). The minimum Gasteiger partial charge on any atom is -0.478 e. The summed E-state index contributed by atoms with van der Waals surface area (Å²) < 4.78 is 5.70. The van der Waals surface area contributed by atoms with Crippen molar-refractivity contribution in [3.05, 3.63) is 53.6 Å². The van der Waals surface area contributed by atoms with Gasteiger partial charge in [0.05, 0.1) is 5.69 Å². The van der Waals surface area contributed by atoms with E-state index in [9.17, 15) is 14.4 Å². The lowest BCUT2D eigenvalue weighted by Gasteiger charge is -2.33. The van der Waals surface area contributed by atoms with Crippen LogP contribution >= 0.6 is 0 Å². The van der Waals surface area contributed by atoms with E-state index in [1.807, 2.05) is 38.1 Å². The number of nitrogens with zero attached hydrogens (tertiary/aromatic N) is 1. The maximum atomic E-state index is 12.7. The predicted molar refractivity (Wildman–Crippen MR) is 98.7 cm³/mol. The number of ether oxygens (including phenoxy) is 1. The average Bonchev–Trinajstić information content (AvgIpc) is 2.65. The topological polar surface area (TPSA) is 75.7 Å². The highest BCUT2D eigenvalue weighted by atomic mass is 16.5. The Morgan fingerprint density at radius 1 is 1.23 bits per heavy atom. The Morgan fingerprint density at radius 3 is 2.62 bits per heavy atom. The number of hydrogen-bond donors (Lipinski definition) is 1. The highest BCUT2D eigenvalue weighted by Gasteiger charge is 2.34. The molecule has 6 heteroatoms. The Morgan fingerprint density at radius 2 is 1.96 bits per heavy atom. The van der Waals surface area contributed by atoms with Gasteiger partial charge in [-0.15, -0.1) is 0 Å². The van der Waals surface area contributed by atoms with E-state index in [0.29, 0.717) is 35.4 Å². The fourth-order valence-corrected chi connectivity index (χ4v) is 2.82. The van der Waals surface area contributed by atoms with Gasteiger partial charge in [-0.2, -0.15) is 0 Å². The molecule has 6 nitrogen and oxygen atoms in total. The lowest BCUT2D eigenvalue weighted by atomic mass is 10.1. The summed E-state index contributed by atoms with van der Waals surface area (Å²) in [6, 6.07) is 12.2. The van der Waals surface area contributed by atoms with Gasteiger partial charge in [-0.3, -0.25) is 19.3 Å². The summed E-state index contributed by atoms with van der Waals surface area (Å²) in [6.07, 6.45) is 0.544. The maximum absolute atomic E-state index is 12.7. The van der Waals surface area contributed by atoms with Crippen LogP contribution < -0.4 is 15.0 Å². The molecule has 2 amide bonds. The molecule has 26 heavy (non-hydrogen) atoms. The zero-order chi connectivity index (χ0) is 18.7. The molecule has 0 fully saturated rings. The Kier molecular flexibility index (Phi) is 5.02. The zero-order valence-electron chi connectivity index (χ0n) is 14.7. The fraction of sp³-hybridized carbons (Fsp3) is 0.250. The van der Waals surface area contributed by atoms with Crippen molar-refractivity contribution < 1.29 is 19.1 Å². The Hall–Kier alpha value is -3.15. The van der Waals surface area contributed by atoms with Crippen LogP contribution in [0.1, 0.15) is 29.3 Å². The first kappa shape index (κ1) is 17.7. The number of nitrogens with one attached hydrogen (secondary N) is 1. The summed E-state index contributed by atoms with van der Waals surface area (Å²) in [6.45, 7) is 3.66. The third-order valence-electron chi connectivity index (χ3n) is 4.23. The largest absolute Gasteiger partial charge is 0.478 e. The molecule has 134 valence electrons. The van der Waals surface area contributed by atoms with Crippen LogP contribution in [-0.4, -0.2) is 30.7 Å². The Bertz CT molecular complexity index is 845. The van der Waals surface area contributed by atoms with Gasteiger partial charge < -0.3 is 10.1 Å². The second-order valence-electron chi connectivity index (χ2n) is 6.20. The van der Waals surface area contributed by atoms with Crippen molar-refractivity contribution in [3.63, 3.8) is 0 Å². The Balaban J connectivity index is 1.84. The molecule has 1 unspecified atom stereocenters. The number of benzene rings is 2. The van der Waals surface area contributed by atoms with Crippen LogP contribution in [0.4, 0.5) is 11.4 Å². The monoisotopic (exact) mass is 352 g/mol. The van der Waals surface area contributed by atoms with E-state index in [4.69, 9.17) is 4.74 Å². The van der Waals surface area contributed by atoms with Crippen molar-refractivity contribution in [2.45, 2.75) is 26.4 Å². The van der Waals surface area contributed by atoms with E-state index in [1.54, 1.807) is 18.2 Å². The van der Waals surface area contributed by atoms with Gasteiger partial charge in [-0.1, -0.05) is 24.6 Å². The number of carbonyl (C=O) groups is 3. The number of amides is 2. The molecule has 2 aromatic rings. The first-order valence-electron chi connectivity index (χ1n) is 8.45. The molecule has 1 atom stereocenters.